The van der Waals surface area contributed by atoms with Gasteiger partial charge in [-0.15, -0.1) is 0 Å². The number of carbonyl (C=O) groups is 3. The van der Waals surface area contributed by atoms with E-state index in [1.807, 2.05) is 6.92 Å². The second kappa shape index (κ2) is 9.14. The Bertz CT molecular complexity index is 217. The molecule has 0 aromatic heterocycles. The van der Waals surface area contributed by atoms with Crippen molar-refractivity contribution >= 4 is 18.2 Å². The molecule has 0 aliphatic carbocycles. The van der Waals surface area contributed by atoms with Gasteiger partial charge in [-0.1, -0.05) is 6.92 Å². The van der Waals surface area contributed by atoms with Crippen molar-refractivity contribution in [2.24, 2.45) is 0 Å². The molecule has 0 aromatic rings. The molecule has 0 bridgehead atoms. The molecule has 0 heterocycles. The van der Waals surface area contributed by atoms with Crippen molar-refractivity contribution < 1.29 is 23.9 Å². The van der Waals surface area contributed by atoms with Gasteiger partial charge in [-0.05, 0) is 6.42 Å². The summed E-state index contributed by atoms with van der Waals surface area (Å²) in [5.41, 5.74) is 0. The molecule has 15 heavy (non-hydrogen) atoms. The lowest BCUT2D eigenvalue weighted by Crippen LogP contribution is -2.25. The molecule has 1 N–H and O–H groups in total. The number of hydrogen-bond acceptors (Lipinski definition) is 5. The highest BCUT2D eigenvalue weighted by Crippen LogP contribution is 1.91. The number of amides is 1. The number of ether oxygens (including phenoxy) is 2. The van der Waals surface area contributed by atoms with Gasteiger partial charge >= 0.3 is 5.97 Å². The predicted molar refractivity (Wildman–Crippen MR) is 50.9 cm³/mol. The summed E-state index contributed by atoms with van der Waals surface area (Å²) < 4.78 is 9.39. The summed E-state index contributed by atoms with van der Waals surface area (Å²) in [4.78, 5) is 31.5. The molecule has 0 radical (unpaired) electrons. The molecule has 0 unspecified atom stereocenters. The molecule has 86 valence electrons. The third kappa shape index (κ3) is 8.89. The molecule has 1 amide bonds. The van der Waals surface area contributed by atoms with Crippen molar-refractivity contribution in [3.8, 4) is 0 Å². The maximum atomic E-state index is 10.9. The third-order valence-corrected chi connectivity index (χ3v) is 1.40. The van der Waals surface area contributed by atoms with E-state index >= 15 is 0 Å². The molecule has 6 nitrogen and oxygen atoms in total. The molecule has 0 aliphatic heterocycles. The summed E-state index contributed by atoms with van der Waals surface area (Å²) >= 11 is 0. The van der Waals surface area contributed by atoms with Gasteiger partial charge in [-0.3, -0.25) is 14.4 Å². The lowest BCUT2D eigenvalue weighted by molar-refractivity contribution is -0.158. The Morgan fingerprint density at radius 2 is 2.13 bits per heavy atom. The topological polar surface area (TPSA) is 81.7 Å². The predicted octanol–water partition coefficient (Wildman–Crippen LogP) is -0.381. The molecule has 0 fully saturated rings. The number of carbonyl (C=O) groups excluding carboxylic acids is 3. The molecule has 0 atom stereocenters. The smallest absolute Gasteiger partial charge is 0.307 e. The van der Waals surface area contributed by atoms with E-state index in [0.717, 1.165) is 0 Å². The van der Waals surface area contributed by atoms with Crippen LogP contribution in [0.1, 0.15) is 19.8 Å². The second-order valence-electron chi connectivity index (χ2n) is 2.77. The van der Waals surface area contributed by atoms with Crippen LogP contribution in [0.2, 0.25) is 0 Å². The van der Waals surface area contributed by atoms with E-state index in [0.29, 0.717) is 19.3 Å². The fraction of sp³-hybridized carbons (Fsp3) is 0.667. The maximum Gasteiger partial charge on any atom is 0.307 e. The summed E-state index contributed by atoms with van der Waals surface area (Å²) in [7, 11) is 0. The van der Waals surface area contributed by atoms with E-state index < -0.39 is 0 Å². The van der Waals surface area contributed by atoms with E-state index in [-0.39, 0.29) is 31.7 Å². The number of rotatable bonds is 9. The van der Waals surface area contributed by atoms with Gasteiger partial charge in [0, 0.05) is 6.42 Å². The minimum Gasteiger partial charge on any atom is -0.438 e. The molecule has 0 aliphatic rings. The van der Waals surface area contributed by atoms with Gasteiger partial charge in [-0.2, -0.15) is 0 Å². The number of nitrogens with one attached hydrogen (secondary N) is 1. The summed E-state index contributed by atoms with van der Waals surface area (Å²) in [5.74, 6) is -0.635. The number of ketones is 1. The van der Waals surface area contributed by atoms with Crippen LogP contribution in [0.15, 0.2) is 0 Å². The number of esters is 1. The molecular weight excluding hydrogens is 202 g/mol. The van der Waals surface area contributed by atoms with E-state index in [4.69, 9.17) is 4.74 Å². The Morgan fingerprint density at radius 3 is 2.73 bits per heavy atom. The summed E-state index contributed by atoms with van der Waals surface area (Å²) in [6, 6.07) is 0. The Labute approximate surface area is 87.9 Å². The normalized spacial score (nSPS) is 9.40. The highest BCUT2D eigenvalue weighted by molar-refractivity contribution is 5.83. The zero-order valence-electron chi connectivity index (χ0n) is 8.65. The first-order chi connectivity index (χ1) is 7.20. The van der Waals surface area contributed by atoms with Gasteiger partial charge < -0.3 is 14.8 Å². The lowest BCUT2D eigenvalue weighted by Gasteiger charge is -2.04. The first-order valence-electron chi connectivity index (χ1n) is 4.62. The van der Waals surface area contributed by atoms with E-state index in [1.54, 1.807) is 0 Å². The molecule has 0 spiro atoms. The van der Waals surface area contributed by atoms with Gasteiger partial charge in [0.2, 0.25) is 6.41 Å². The molecule has 0 aromatic carbocycles. The van der Waals surface area contributed by atoms with Crippen molar-refractivity contribution in [2.75, 3.05) is 19.9 Å². The average molecular weight is 217 g/mol. The first kappa shape index (κ1) is 13.6. The van der Waals surface area contributed by atoms with Crippen molar-refractivity contribution in [3.63, 3.8) is 0 Å². The van der Waals surface area contributed by atoms with Crippen LogP contribution < -0.4 is 5.32 Å². The van der Waals surface area contributed by atoms with Crippen LogP contribution >= 0.6 is 0 Å². The average Bonchev–Trinajstić information content (AvgIpc) is 2.22. The van der Waals surface area contributed by atoms with Crippen LogP contribution in [-0.2, 0) is 23.9 Å². The molecule has 0 saturated heterocycles. The number of Topliss-reactive ketones (excluding diaryl/α,β-unsaturated/α-hetero) is 1. The van der Waals surface area contributed by atoms with Gasteiger partial charge in [0.15, 0.2) is 12.6 Å². The maximum absolute atomic E-state index is 10.9. The summed E-state index contributed by atoms with van der Waals surface area (Å²) in [6.07, 6.45) is 1.48. The van der Waals surface area contributed by atoms with E-state index in [2.05, 4.69) is 10.1 Å². The highest BCUT2D eigenvalue weighted by atomic mass is 16.7. The van der Waals surface area contributed by atoms with Crippen molar-refractivity contribution in [1.29, 1.82) is 0 Å². The Hall–Kier alpha value is -1.43. The molecule has 0 rings (SSSR count). The minimum atomic E-state index is -0.351. The zero-order valence-corrected chi connectivity index (χ0v) is 8.65. The zero-order chi connectivity index (χ0) is 11.5. The van der Waals surface area contributed by atoms with E-state index in [9.17, 15) is 14.4 Å². The van der Waals surface area contributed by atoms with Crippen molar-refractivity contribution in [2.45, 2.75) is 19.8 Å². The van der Waals surface area contributed by atoms with Crippen LogP contribution in [-0.4, -0.2) is 38.1 Å². The second-order valence-corrected chi connectivity index (χ2v) is 2.77. The van der Waals surface area contributed by atoms with Gasteiger partial charge in [-0.25, -0.2) is 0 Å². The molecular formula is C9H15NO5. The van der Waals surface area contributed by atoms with Crippen LogP contribution in [0.25, 0.3) is 0 Å². The number of hydrogen-bond donors (Lipinski definition) is 1. The van der Waals surface area contributed by atoms with Crippen molar-refractivity contribution in [1.82, 2.24) is 5.32 Å². The molecule has 0 saturated carbocycles. The van der Waals surface area contributed by atoms with Gasteiger partial charge in [0.25, 0.3) is 0 Å². The minimum absolute atomic E-state index is 0.0770. The Balaban J connectivity index is 3.33. The third-order valence-electron chi connectivity index (χ3n) is 1.40. The fourth-order valence-electron chi connectivity index (χ4n) is 0.746. The van der Waals surface area contributed by atoms with Gasteiger partial charge in [0.1, 0.15) is 6.61 Å². The van der Waals surface area contributed by atoms with Crippen molar-refractivity contribution in [3.05, 3.63) is 0 Å². The summed E-state index contributed by atoms with van der Waals surface area (Å²) in [6.45, 7) is 1.37. The monoisotopic (exact) mass is 217 g/mol. The quantitative estimate of drug-likeness (QED) is 0.246. The van der Waals surface area contributed by atoms with Crippen LogP contribution in [0.4, 0.5) is 0 Å². The SMILES string of the molecule is CCCC(=O)OCOCC(=O)CNC=O. The van der Waals surface area contributed by atoms with Crippen LogP contribution in [0.5, 0.6) is 0 Å². The lowest BCUT2D eigenvalue weighted by atomic mass is 10.3. The van der Waals surface area contributed by atoms with Crippen LogP contribution in [0.3, 0.4) is 0 Å². The van der Waals surface area contributed by atoms with Gasteiger partial charge in [0.05, 0.1) is 6.54 Å². The Kier molecular flexibility index (Phi) is 8.27. The largest absolute Gasteiger partial charge is 0.438 e. The Morgan fingerprint density at radius 1 is 1.40 bits per heavy atom. The van der Waals surface area contributed by atoms with Crippen LogP contribution in [0, 0.1) is 0 Å². The summed E-state index contributed by atoms with van der Waals surface area (Å²) in [5, 5.41) is 2.20. The standard InChI is InChI=1S/C9H15NO5/c1-2-3-9(13)15-7-14-5-8(12)4-10-6-11/h6H,2-5,7H2,1H3,(H,10,11). The highest BCUT2D eigenvalue weighted by Gasteiger charge is 2.03. The first-order valence-corrected chi connectivity index (χ1v) is 4.62. The van der Waals surface area contributed by atoms with E-state index in [1.165, 1.54) is 0 Å². The molecule has 6 heteroatoms. The fourth-order valence-corrected chi connectivity index (χ4v) is 0.746.